The number of nitrogens with zero attached hydrogens (tertiary/aromatic N) is 2. The molecule has 8 nitrogen and oxygen atoms in total. The molecular formula is C20H25N3O5S. The first-order valence-electron chi connectivity index (χ1n) is 9.41. The molecule has 3 rings (SSSR count). The molecule has 2 aliphatic heterocycles. The number of likely N-dealkylation sites (N-methyl/N-ethyl adjacent to an activating group) is 1. The second kappa shape index (κ2) is 8.36. The highest BCUT2D eigenvalue weighted by atomic mass is 32.2. The highest BCUT2D eigenvalue weighted by molar-refractivity contribution is 8.04. The SMILES string of the molecule is CCN(CC)C(=O)C1=C(C)C2C(=O)N(c3ccc(OC)cc3OC)C(=O)NC2S1. The zero-order chi connectivity index (χ0) is 21.3. The summed E-state index contributed by atoms with van der Waals surface area (Å²) in [6.45, 7) is 6.77. The van der Waals surface area contributed by atoms with Gasteiger partial charge in [-0.3, -0.25) is 9.59 Å². The van der Waals surface area contributed by atoms with Gasteiger partial charge in [-0.25, -0.2) is 9.69 Å². The van der Waals surface area contributed by atoms with Crippen LogP contribution in [0.3, 0.4) is 0 Å². The van der Waals surface area contributed by atoms with E-state index in [0.29, 0.717) is 40.8 Å². The Morgan fingerprint density at radius 2 is 1.90 bits per heavy atom. The Hall–Kier alpha value is -2.68. The number of carbonyl (C=O) groups is 3. The summed E-state index contributed by atoms with van der Waals surface area (Å²) in [5.41, 5.74) is 1.01. The van der Waals surface area contributed by atoms with Crippen LogP contribution in [0.5, 0.6) is 11.5 Å². The van der Waals surface area contributed by atoms with Gasteiger partial charge in [-0.15, -0.1) is 0 Å². The van der Waals surface area contributed by atoms with Crippen molar-refractivity contribution in [2.24, 2.45) is 5.92 Å². The summed E-state index contributed by atoms with van der Waals surface area (Å²) in [7, 11) is 2.99. The monoisotopic (exact) mass is 419 g/mol. The van der Waals surface area contributed by atoms with Crippen LogP contribution in [-0.2, 0) is 9.59 Å². The Morgan fingerprint density at radius 3 is 2.48 bits per heavy atom. The molecule has 1 aromatic carbocycles. The third-order valence-corrected chi connectivity index (χ3v) is 6.58. The summed E-state index contributed by atoms with van der Waals surface area (Å²) >= 11 is 1.25. The number of rotatable bonds is 6. The van der Waals surface area contributed by atoms with E-state index < -0.39 is 17.3 Å². The molecule has 0 radical (unpaired) electrons. The fourth-order valence-electron chi connectivity index (χ4n) is 3.58. The number of ether oxygens (including phenoxy) is 2. The summed E-state index contributed by atoms with van der Waals surface area (Å²) in [5.74, 6) is -0.206. The van der Waals surface area contributed by atoms with E-state index in [2.05, 4.69) is 5.32 Å². The zero-order valence-corrected chi connectivity index (χ0v) is 18.0. The van der Waals surface area contributed by atoms with E-state index >= 15 is 0 Å². The maximum atomic E-state index is 13.3. The van der Waals surface area contributed by atoms with Crippen LogP contribution in [0.1, 0.15) is 20.8 Å². The van der Waals surface area contributed by atoms with Crippen LogP contribution in [0.15, 0.2) is 28.7 Å². The number of carbonyl (C=O) groups excluding carboxylic acids is 3. The smallest absolute Gasteiger partial charge is 0.329 e. The molecule has 2 aliphatic rings. The third kappa shape index (κ3) is 3.55. The number of urea groups is 1. The first-order chi connectivity index (χ1) is 13.9. The molecule has 2 unspecified atom stereocenters. The number of hydrogen-bond donors (Lipinski definition) is 1. The molecule has 1 N–H and O–H groups in total. The van der Waals surface area contributed by atoms with Crippen molar-refractivity contribution in [3.63, 3.8) is 0 Å². The second-order valence-corrected chi connectivity index (χ2v) is 7.82. The molecule has 1 aromatic rings. The normalized spacial score (nSPS) is 21.1. The van der Waals surface area contributed by atoms with Crippen molar-refractivity contribution in [3.05, 3.63) is 28.7 Å². The summed E-state index contributed by atoms with van der Waals surface area (Å²) in [5, 5.41) is 2.36. The number of fused-ring (bicyclic) bond motifs is 1. The molecule has 156 valence electrons. The van der Waals surface area contributed by atoms with Crippen LogP contribution >= 0.6 is 11.8 Å². The molecule has 4 amide bonds. The minimum atomic E-state index is -0.612. The molecule has 2 heterocycles. The van der Waals surface area contributed by atoms with Crippen molar-refractivity contribution in [1.29, 1.82) is 0 Å². The molecule has 29 heavy (non-hydrogen) atoms. The van der Waals surface area contributed by atoms with E-state index in [9.17, 15) is 14.4 Å². The van der Waals surface area contributed by atoms with Gasteiger partial charge < -0.3 is 19.7 Å². The van der Waals surface area contributed by atoms with Gasteiger partial charge in [0.25, 0.3) is 5.91 Å². The Morgan fingerprint density at radius 1 is 1.21 bits per heavy atom. The van der Waals surface area contributed by atoms with Crippen LogP contribution < -0.4 is 19.7 Å². The molecule has 9 heteroatoms. The maximum absolute atomic E-state index is 13.3. The van der Waals surface area contributed by atoms with Gasteiger partial charge in [-0.1, -0.05) is 11.8 Å². The van der Waals surface area contributed by atoms with Gasteiger partial charge in [-0.2, -0.15) is 0 Å². The summed E-state index contributed by atoms with van der Waals surface area (Å²) in [6, 6.07) is 4.34. The van der Waals surface area contributed by atoms with Crippen molar-refractivity contribution in [1.82, 2.24) is 10.2 Å². The number of hydrogen-bond acceptors (Lipinski definition) is 6. The lowest BCUT2D eigenvalue weighted by Gasteiger charge is -2.34. The lowest BCUT2D eigenvalue weighted by molar-refractivity contribution is -0.126. The number of benzene rings is 1. The fraction of sp³-hybridized carbons (Fsp3) is 0.450. The van der Waals surface area contributed by atoms with Crippen molar-refractivity contribution in [3.8, 4) is 11.5 Å². The number of imide groups is 1. The first kappa shape index (κ1) is 21.0. The van der Waals surface area contributed by atoms with Crippen molar-refractivity contribution < 1.29 is 23.9 Å². The molecule has 0 bridgehead atoms. The van der Waals surface area contributed by atoms with Crippen molar-refractivity contribution in [2.75, 3.05) is 32.2 Å². The predicted octanol–water partition coefficient (Wildman–Crippen LogP) is 2.59. The maximum Gasteiger partial charge on any atom is 0.329 e. The average molecular weight is 420 g/mol. The van der Waals surface area contributed by atoms with Crippen LogP contribution in [0.2, 0.25) is 0 Å². The Balaban J connectivity index is 1.97. The topological polar surface area (TPSA) is 88.2 Å². The minimum Gasteiger partial charge on any atom is -0.497 e. The molecule has 1 fully saturated rings. The van der Waals surface area contributed by atoms with E-state index in [1.54, 1.807) is 30.0 Å². The number of methoxy groups -OCH3 is 2. The van der Waals surface area contributed by atoms with E-state index in [0.717, 1.165) is 4.90 Å². The number of thioether (sulfide) groups is 1. The lowest BCUT2D eigenvalue weighted by Crippen LogP contribution is -2.58. The van der Waals surface area contributed by atoms with Crippen LogP contribution in [0, 0.1) is 5.92 Å². The Labute approximate surface area is 174 Å². The van der Waals surface area contributed by atoms with Crippen molar-refractivity contribution >= 4 is 35.3 Å². The summed E-state index contributed by atoms with van der Waals surface area (Å²) in [6.07, 6.45) is 0. The molecular weight excluding hydrogens is 394 g/mol. The van der Waals surface area contributed by atoms with E-state index in [-0.39, 0.29) is 11.8 Å². The largest absolute Gasteiger partial charge is 0.497 e. The Bertz CT molecular complexity index is 881. The standard InChI is InChI=1S/C20H25N3O5S/c1-6-22(7-2)19(25)16-11(3)15-17(29-16)21-20(26)23(18(15)24)13-9-8-12(27-4)10-14(13)28-5/h8-10,15,17H,6-7H2,1-5H3,(H,21,26). The van der Waals surface area contributed by atoms with Crippen LogP contribution in [0.4, 0.5) is 10.5 Å². The van der Waals surface area contributed by atoms with Gasteiger partial charge >= 0.3 is 6.03 Å². The van der Waals surface area contributed by atoms with E-state index in [1.165, 1.54) is 26.0 Å². The number of amides is 4. The lowest BCUT2D eigenvalue weighted by atomic mass is 9.96. The average Bonchev–Trinajstić information content (AvgIpc) is 3.05. The zero-order valence-electron chi connectivity index (χ0n) is 17.1. The predicted molar refractivity (Wildman–Crippen MR) is 111 cm³/mol. The molecule has 0 aromatic heterocycles. The third-order valence-electron chi connectivity index (χ3n) is 5.20. The number of nitrogens with one attached hydrogen (secondary N) is 1. The molecule has 0 spiro atoms. The van der Waals surface area contributed by atoms with E-state index in [4.69, 9.17) is 9.47 Å². The highest BCUT2D eigenvalue weighted by Gasteiger charge is 2.49. The highest BCUT2D eigenvalue weighted by Crippen LogP contribution is 2.46. The van der Waals surface area contributed by atoms with Gasteiger partial charge in [-0.05, 0) is 38.5 Å². The molecule has 2 atom stereocenters. The van der Waals surface area contributed by atoms with Crippen LogP contribution in [0.25, 0.3) is 0 Å². The first-order valence-corrected chi connectivity index (χ1v) is 10.3. The van der Waals surface area contributed by atoms with Gasteiger partial charge in [0.2, 0.25) is 5.91 Å². The fourth-order valence-corrected chi connectivity index (χ4v) is 4.99. The summed E-state index contributed by atoms with van der Waals surface area (Å²) < 4.78 is 10.6. The second-order valence-electron chi connectivity index (χ2n) is 6.67. The van der Waals surface area contributed by atoms with E-state index in [1.807, 2.05) is 13.8 Å². The van der Waals surface area contributed by atoms with Gasteiger partial charge in [0.15, 0.2) is 0 Å². The van der Waals surface area contributed by atoms with Crippen molar-refractivity contribution in [2.45, 2.75) is 26.1 Å². The quantitative estimate of drug-likeness (QED) is 0.763. The minimum absolute atomic E-state index is 0.109. The number of anilines is 1. The summed E-state index contributed by atoms with van der Waals surface area (Å²) in [4.78, 5) is 42.3. The molecule has 0 saturated carbocycles. The van der Waals surface area contributed by atoms with Gasteiger partial charge in [0, 0.05) is 19.2 Å². The Kier molecular flexibility index (Phi) is 6.07. The van der Waals surface area contributed by atoms with Gasteiger partial charge in [0.1, 0.15) is 11.5 Å². The van der Waals surface area contributed by atoms with Crippen LogP contribution in [-0.4, -0.2) is 55.4 Å². The molecule has 1 saturated heterocycles. The van der Waals surface area contributed by atoms with Gasteiger partial charge in [0.05, 0.1) is 36.1 Å². The molecule has 0 aliphatic carbocycles.